The first kappa shape index (κ1) is 19.9. The van der Waals surface area contributed by atoms with E-state index in [0.29, 0.717) is 24.2 Å². The lowest BCUT2D eigenvalue weighted by molar-refractivity contribution is 0.202. The molecular weight excluding hydrogens is 376 g/mol. The van der Waals surface area contributed by atoms with Crippen molar-refractivity contribution >= 4 is 11.6 Å². The summed E-state index contributed by atoms with van der Waals surface area (Å²) in [6.45, 7) is 6.90. The molecule has 6 heteroatoms. The van der Waals surface area contributed by atoms with Gasteiger partial charge in [0.2, 0.25) is 5.82 Å². The number of nitrogens with zero attached hydrogens (tertiary/aromatic N) is 3. The van der Waals surface area contributed by atoms with Crippen LogP contribution in [0, 0.1) is 5.92 Å². The largest absolute Gasteiger partial charge is 0.334 e. The maximum absolute atomic E-state index is 12.9. The van der Waals surface area contributed by atoms with Gasteiger partial charge in [0.1, 0.15) is 0 Å². The zero-order valence-electron chi connectivity index (χ0n) is 17.5. The molecule has 1 N–H and O–H groups in total. The zero-order chi connectivity index (χ0) is 21.1. The first-order chi connectivity index (χ1) is 14.5. The molecule has 0 spiro atoms. The Morgan fingerprint density at radius 3 is 2.40 bits per heavy atom. The Labute approximate surface area is 176 Å². The SMILES string of the molecule is CC1=C(c2nc(-c3ccccc3)no2)C(c2ccccc2)NC(=O)N1CCC(C)C. The molecule has 0 aliphatic carbocycles. The highest BCUT2D eigenvalue weighted by Crippen LogP contribution is 2.37. The first-order valence-corrected chi connectivity index (χ1v) is 10.3. The average Bonchev–Trinajstić information content (AvgIpc) is 3.24. The number of allylic oxidation sites excluding steroid dienone is 1. The molecule has 1 aromatic heterocycles. The molecule has 4 rings (SSSR count). The molecule has 0 radical (unpaired) electrons. The number of rotatable bonds is 6. The van der Waals surface area contributed by atoms with Crippen LogP contribution < -0.4 is 5.32 Å². The van der Waals surface area contributed by atoms with Crippen LogP contribution in [0.25, 0.3) is 17.0 Å². The van der Waals surface area contributed by atoms with Crippen LogP contribution >= 0.6 is 0 Å². The average molecular weight is 402 g/mol. The van der Waals surface area contributed by atoms with Gasteiger partial charge in [0.05, 0.1) is 11.6 Å². The first-order valence-electron chi connectivity index (χ1n) is 10.3. The van der Waals surface area contributed by atoms with Crippen molar-refractivity contribution in [2.75, 3.05) is 6.54 Å². The maximum Gasteiger partial charge on any atom is 0.322 e. The third-order valence-corrected chi connectivity index (χ3v) is 5.35. The number of aromatic nitrogens is 2. The lowest BCUT2D eigenvalue weighted by Crippen LogP contribution is -2.46. The van der Waals surface area contributed by atoms with Crippen LogP contribution in [0.3, 0.4) is 0 Å². The molecule has 1 aliphatic rings. The van der Waals surface area contributed by atoms with E-state index in [1.807, 2.05) is 67.6 Å². The van der Waals surface area contributed by atoms with Crippen LogP contribution in [0.4, 0.5) is 4.79 Å². The number of nitrogens with one attached hydrogen (secondary N) is 1. The van der Waals surface area contributed by atoms with E-state index in [0.717, 1.165) is 28.8 Å². The fraction of sp³-hybridized carbons (Fsp3) is 0.292. The molecule has 154 valence electrons. The Morgan fingerprint density at radius 1 is 1.07 bits per heavy atom. The highest BCUT2D eigenvalue weighted by atomic mass is 16.5. The number of hydrogen-bond donors (Lipinski definition) is 1. The number of carbonyl (C=O) groups is 1. The summed E-state index contributed by atoms with van der Waals surface area (Å²) >= 11 is 0. The quantitative estimate of drug-likeness (QED) is 0.609. The van der Waals surface area contributed by atoms with E-state index in [-0.39, 0.29) is 12.1 Å². The van der Waals surface area contributed by atoms with Crippen LogP contribution in [0.2, 0.25) is 0 Å². The van der Waals surface area contributed by atoms with Crippen LogP contribution in [-0.4, -0.2) is 27.6 Å². The Hall–Kier alpha value is -3.41. The van der Waals surface area contributed by atoms with Crippen molar-refractivity contribution in [1.82, 2.24) is 20.4 Å². The highest BCUT2D eigenvalue weighted by Gasteiger charge is 2.35. The summed E-state index contributed by atoms with van der Waals surface area (Å²) in [5, 5.41) is 7.33. The third-order valence-electron chi connectivity index (χ3n) is 5.35. The summed E-state index contributed by atoms with van der Waals surface area (Å²) in [5.41, 5.74) is 3.54. The second kappa shape index (κ2) is 8.53. The van der Waals surface area contributed by atoms with E-state index in [2.05, 4.69) is 29.3 Å². The summed E-state index contributed by atoms with van der Waals surface area (Å²) < 4.78 is 5.69. The van der Waals surface area contributed by atoms with Crippen molar-refractivity contribution in [2.24, 2.45) is 5.92 Å². The summed E-state index contributed by atoms with van der Waals surface area (Å²) in [7, 11) is 0. The highest BCUT2D eigenvalue weighted by molar-refractivity contribution is 5.86. The molecule has 2 aromatic carbocycles. The second-order valence-electron chi connectivity index (χ2n) is 7.92. The molecule has 0 saturated carbocycles. The molecule has 0 fully saturated rings. The molecule has 1 aliphatic heterocycles. The summed E-state index contributed by atoms with van der Waals surface area (Å²) in [6.07, 6.45) is 0.910. The topological polar surface area (TPSA) is 71.3 Å². The monoisotopic (exact) mass is 402 g/mol. The van der Waals surface area contributed by atoms with Gasteiger partial charge in [-0.3, -0.25) is 4.90 Å². The number of benzene rings is 2. The summed E-state index contributed by atoms with van der Waals surface area (Å²) in [5.74, 6) is 1.45. The minimum atomic E-state index is -0.349. The molecule has 3 aromatic rings. The maximum atomic E-state index is 12.9. The van der Waals surface area contributed by atoms with Crippen molar-refractivity contribution < 1.29 is 9.32 Å². The van der Waals surface area contributed by atoms with Gasteiger partial charge in [-0.25, -0.2) is 4.79 Å². The van der Waals surface area contributed by atoms with Crippen molar-refractivity contribution in [2.45, 2.75) is 33.2 Å². The molecular formula is C24H26N4O2. The Kier molecular flexibility index (Phi) is 5.65. The minimum absolute atomic E-state index is 0.103. The fourth-order valence-corrected chi connectivity index (χ4v) is 3.65. The van der Waals surface area contributed by atoms with Gasteiger partial charge in [0.15, 0.2) is 0 Å². The lowest BCUT2D eigenvalue weighted by Gasteiger charge is -2.35. The van der Waals surface area contributed by atoms with Gasteiger partial charge in [-0.15, -0.1) is 0 Å². The van der Waals surface area contributed by atoms with Gasteiger partial charge in [-0.1, -0.05) is 79.7 Å². The standard InChI is InChI=1S/C24H26N4O2/c1-16(2)14-15-28-17(3)20(21(25-24(28)29)18-10-6-4-7-11-18)23-26-22(27-30-23)19-12-8-5-9-13-19/h4-13,16,21H,14-15H2,1-3H3,(H,25,29). The summed E-state index contributed by atoms with van der Waals surface area (Å²) in [4.78, 5) is 19.4. The van der Waals surface area contributed by atoms with Gasteiger partial charge < -0.3 is 9.84 Å². The van der Waals surface area contributed by atoms with Crippen molar-refractivity contribution in [3.05, 3.63) is 77.8 Å². The zero-order valence-corrected chi connectivity index (χ0v) is 17.5. The van der Waals surface area contributed by atoms with Gasteiger partial charge in [-0.05, 0) is 24.8 Å². The minimum Gasteiger partial charge on any atom is -0.334 e. The van der Waals surface area contributed by atoms with E-state index < -0.39 is 0 Å². The molecule has 6 nitrogen and oxygen atoms in total. The molecule has 0 saturated heterocycles. The summed E-state index contributed by atoms with van der Waals surface area (Å²) in [6, 6.07) is 19.1. The van der Waals surface area contributed by atoms with Gasteiger partial charge >= 0.3 is 6.03 Å². The van der Waals surface area contributed by atoms with Crippen LogP contribution in [0.1, 0.15) is 44.7 Å². The molecule has 1 unspecified atom stereocenters. The smallest absolute Gasteiger partial charge is 0.322 e. The van der Waals surface area contributed by atoms with E-state index in [1.54, 1.807) is 4.90 Å². The molecule has 0 bridgehead atoms. The van der Waals surface area contributed by atoms with Crippen molar-refractivity contribution in [3.8, 4) is 11.4 Å². The fourth-order valence-electron chi connectivity index (χ4n) is 3.65. The normalized spacial score (nSPS) is 16.9. The van der Waals surface area contributed by atoms with E-state index >= 15 is 0 Å². The van der Waals surface area contributed by atoms with Crippen molar-refractivity contribution in [1.29, 1.82) is 0 Å². The molecule has 30 heavy (non-hydrogen) atoms. The number of urea groups is 1. The lowest BCUT2D eigenvalue weighted by atomic mass is 9.94. The Balaban J connectivity index is 1.78. The van der Waals surface area contributed by atoms with E-state index in [9.17, 15) is 4.79 Å². The van der Waals surface area contributed by atoms with Crippen LogP contribution in [0.15, 0.2) is 70.9 Å². The van der Waals surface area contributed by atoms with Crippen molar-refractivity contribution in [3.63, 3.8) is 0 Å². The Morgan fingerprint density at radius 2 is 1.73 bits per heavy atom. The Bertz CT molecular complexity index is 1040. The molecule has 2 heterocycles. The van der Waals surface area contributed by atoms with E-state index in [4.69, 9.17) is 4.52 Å². The number of carbonyl (C=O) groups excluding carboxylic acids is 1. The van der Waals surface area contributed by atoms with Gasteiger partial charge in [-0.2, -0.15) is 4.98 Å². The number of hydrogen-bond acceptors (Lipinski definition) is 4. The van der Waals surface area contributed by atoms with E-state index in [1.165, 1.54) is 0 Å². The van der Waals surface area contributed by atoms with Crippen LogP contribution in [-0.2, 0) is 0 Å². The number of amides is 2. The van der Waals surface area contributed by atoms with Crippen LogP contribution in [0.5, 0.6) is 0 Å². The van der Waals surface area contributed by atoms with Gasteiger partial charge in [0.25, 0.3) is 5.89 Å². The third kappa shape index (κ3) is 3.99. The predicted molar refractivity (Wildman–Crippen MR) is 116 cm³/mol. The second-order valence-corrected chi connectivity index (χ2v) is 7.92. The molecule has 1 atom stereocenters. The van der Waals surface area contributed by atoms with Gasteiger partial charge in [0, 0.05) is 17.8 Å². The predicted octanol–water partition coefficient (Wildman–Crippen LogP) is 5.28. The molecule has 2 amide bonds.